The molecule has 0 aromatic heterocycles. The lowest BCUT2D eigenvalue weighted by molar-refractivity contribution is -0.114. The summed E-state index contributed by atoms with van der Waals surface area (Å²) in [6.45, 7) is 2.16. The zero-order valence-electron chi connectivity index (χ0n) is 11.7. The van der Waals surface area contributed by atoms with E-state index in [1.165, 1.54) is 16.7 Å². The number of carbonyl (C=O) groups is 1. The van der Waals surface area contributed by atoms with Crippen molar-refractivity contribution in [2.24, 2.45) is 5.73 Å². The summed E-state index contributed by atoms with van der Waals surface area (Å²) in [6, 6.07) is 16.6. The van der Waals surface area contributed by atoms with Crippen molar-refractivity contribution in [2.45, 2.75) is 19.8 Å². The van der Waals surface area contributed by atoms with Gasteiger partial charge in [-0.15, -0.1) is 0 Å². The molecule has 0 radical (unpaired) electrons. The van der Waals surface area contributed by atoms with Crippen LogP contribution in [0.5, 0.6) is 0 Å². The van der Waals surface area contributed by atoms with E-state index in [1.54, 1.807) is 0 Å². The summed E-state index contributed by atoms with van der Waals surface area (Å²) in [7, 11) is 0. The summed E-state index contributed by atoms with van der Waals surface area (Å²) in [5.74, 6) is -0.173. The molecular weight excluding hydrogens is 248 g/mol. The number of rotatable bonds is 5. The number of nitrogens with one attached hydrogen (secondary N) is 1. The summed E-state index contributed by atoms with van der Waals surface area (Å²) in [4.78, 5) is 11.2. The van der Waals surface area contributed by atoms with Gasteiger partial charge in [-0.3, -0.25) is 4.79 Å². The maximum absolute atomic E-state index is 11.2. The zero-order chi connectivity index (χ0) is 14.4. The topological polar surface area (TPSA) is 55.1 Å². The Kier molecular flexibility index (Phi) is 4.91. The molecular formula is C17H20N2O. The Labute approximate surface area is 119 Å². The monoisotopic (exact) mass is 268 g/mol. The minimum Gasteiger partial charge on any atom is -0.325 e. The lowest BCUT2D eigenvalue weighted by Gasteiger charge is -2.06. The van der Waals surface area contributed by atoms with Gasteiger partial charge in [0.2, 0.25) is 5.91 Å². The highest BCUT2D eigenvalue weighted by Crippen LogP contribution is 2.14. The van der Waals surface area contributed by atoms with Crippen LogP contribution >= 0.6 is 0 Å². The largest absolute Gasteiger partial charge is 0.325 e. The number of hydrogen-bond acceptors (Lipinski definition) is 2. The molecule has 0 bridgehead atoms. The van der Waals surface area contributed by atoms with Crippen LogP contribution in [-0.2, 0) is 17.6 Å². The van der Waals surface area contributed by atoms with Crippen LogP contribution in [0.1, 0.15) is 23.6 Å². The minimum atomic E-state index is -0.173. The third-order valence-corrected chi connectivity index (χ3v) is 3.26. The van der Waals surface area contributed by atoms with Crippen LogP contribution in [0.3, 0.4) is 0 Å². The van der Waals surface area contributed by atoms with Gasteiger partial charge in [0.1, 0.15) is 0 Å². The molecule has 0 heterocycles. The van der Waals surface area contributed by atoms with Gasteiger partial charge in [0.25, 0.3) is 0 Å². The summed E-state index contributed by atoms with van der Waals surface area (Å²) in [6.07, 6.45) is 1.96. The standard InChI is InChI=1S/C17H20N2O/c1-2-13-3-5-14(6-4-13)11-15-7-9-16(10-8-15)19-17(20)12-18/h3-10H,2,11-12,18H2,1H3,(H,19,20). The van der Waals surface area contributed by atoms with Crippen molar-refractivity contribution in [1.82, 2.24) is 0 Å². The summed E-state index contributed by atoms with van der Waals surface area (Å²) in [5, 5.41) is 2.73. The predicted octanol–water partition coefficient (Wildman–Crippen LogP) is 2.74. The zero-order valence-corrected chi connectivity index (χ0v) is 11.7. The third-order valence-electron chi connectivity index (χ3n) is 3.26. The van der Waals surface area contributed by atoms with Crippen LogP contribution in [0.15, 0.2) is 48.5 Å². The molecule has 1 amide bonds. The van der Waals surface area contributed by atoms with Crippen molar-refractivity contribution in [1.29, 1.82) is 0 Å². The maximum atomic E-state index is 11.2. The summed E-state index contributed by atoms with van der Waals surface area (Å²) >= 11 is 0. The van der Waals surface area contributed by atoms with Crippen molar-refractivity contribution >= 4 is 11.6 Å². The van der Waals surface area contributed by atoms with E-state index in [-0.39, 0.29) is 12.5 Å². The normalized spacial score (nSPS) is 10.3. The Morgan fingerprint density at radius 1 is 0.950 bits per heavy atom. The lowest BCUT2D eigenvalue weighted by atomic mass is 10.0. The van der Waals surface area contributed by atoms with Crippen LogP contribution in [-0.4, -0.2) is 12.5 Å². The Morgan fingerprint density at radius 3 is 1.95 bits per heavy atom. The molecule has 104 valence electrons. The highest BCUT2D eigenvalue weighted by atomic mass is 16.1. The number of anilines is 1. The molecule has 2 aromatic rings. The highest BCUT2D eigenvalue weighted by molar-refractivity contribution is 5.92. The van der Waals surface area contributed by atoms with Crippen molar-refractivity contribution < 1.29 is 4.79 Å². The molecule has 2 rings (SSSR count). The van der Waals surface area contributed by atoms with Gasteiger partial charge in [0.15, 0.2) is 0 Å². The fraction of sp³-hybridized carbons (Fsp3) is 0.235. The first kappa shape index (κ1) is 14.3. The average Bonchev–Trinajstić information content (AvgIpc) is 2.50. The van der Waals surface area contributed by atoms with Crippen molar-refractivity contribution in [3.8, 4) is 0 Å². The molecule has 0 aliphatic carbocycles. The van der Waals surface area contributed by atoms with E-state index in [0.717, 1.165) is 18.5 Å². The van der Waals surface area contributed by atoms with Crippen LogP contribution in [0.2, 0.25) is 0 Å². The molecule has 20 heavy (non-hydrogen) atoms. The molecule has 0 aliphatic heterocycles. The quantitative estimate of drug-likeness (QED) is 0.876. The first-order chi connectivity index (χ1) is 9.71. The van der Waals surface area contributed by atoms with E-state index >= 15 is 0 Å². The lowest BCUT2D eigenvalue weighted by Crippen LogP contribution is -2.21. The molecule has 0 atom stereocenters. The minimum absolute atomic E-state index is 0.00548. The molecule has 2 aromatic carbocycles. The molecule has 0 saturated heterocycles. The number of aryl methyl sites for hydroxylation is 1. The third kappa shape index (κ3) is 3.93. The van der Waals surface area contributed by atoms with Crippen LogP contribution in [0.4, 0.5) is 5.69 Å². The van der Waals surface area contributed by atoms with Crippen molar-refractivity contribution in [2.75, 3.05) is 11.9 Å². The number of amides is 1. The predicted molar refractivity (Wildman–Crippen MR) is 82.8 cm³/mol. The molecule has 0 spiro atoms. The Morgan fingerprint density at radius 2 is 1.45 bits per heavy atom. The van der Waals surface area contributed by atoms with Gasteiger partial charge in [-0.05, 0) is 41.7 Å². The molecule has 0 aliphatic rings. The summed E-state index contributed by atoms with van der Waals surface area (Å²) in [5.41, 5.74) is 9.92. The van der Waals surface area contributed by atoms with E-state index in [4.69, 9.17) is 5.73 Å². The van der Waals surface area contributed by atoms with Gasteiger partial charge in [-0.1, -0.05) is 43.3 Å². The Balaban J connectivity index is 2.00. The van der Waals surface area contributed by atoms with Gasteiger partial charge in [-0.2, -0.15) is 0 Å². The number of carbonyl (C=O) groups excluding carboxylic acids is 1. The Bertz CT molecular complexity index is 559. The van der Waals surface area contributed by atoms with Crippen molar-refractivity contribution in [3.05, 3.63) is 65.2 Å². The van der Waals surface area contributed by atoms with E-state index in [9.17, 15) is 4.79 Å². The second-order valence-corrected chi connectivity index (χ2v) is 4.80. The summed E-state index contributed by atoms with van der Waals surface area (Å²) < 4.78 is 0. The molecule has 0 saturated carbocycles. The van der Waals surface area contributed by atoms with Gasteiger partial charge >= 0.3 is 0 Å². The fourth-order valence-electron chi connectivity index (χ4n) is 2.05. The van der Waals surface area contributed by atoms with E-state index in [1.807, 2.05) is 24.3 Å². The second-order valence-electron chi connectivity index (χ2n) is 4.80. The first-order valence-electron chi connectivity index (χ1n) is 6.88. The SMILES string of the molecule is CCc1ccc(Cc2ccc(NC(=O)CN)cc2)cc1. The molecule has 3 nitrogen and oxygen atoms in total. The maximum Gasteiger partial charge on any atom is 0.238 e. The number of nitrogens with two attached hydrogens (primary N) is 1. The van der Waals surface area contributed by atoms with Gasteiger partial charge in [0.05, 0.1) is 6.54 Å². The smallest absolute Gasteiger partial charge is 0.238 e. The number of hydrogen-bond donors (Lipinski definition) is 2. The van der Waals surface area contributed by atoms with Gasteiger partial charge < -0.3 is 11.1 Å². The molecule has 0 fully saturated rings. The van der Waals surface area contributed by atoms with Crippen LogP contribution in [0.25, 0.3) is 0 Å². The molecule has 3 heteroatoms. The molecule has 0 unspecified atom stereocenters. The number of benzene rings is 2. The van der Waals surface area contributed by atoms with Crippen molar-refractivity contribution in [3.63, 3.8) is 0 Å². The average molecular weight is 268 g/mol. The second kappa shape index (κ2) is 6.87. The first-order valence-corrected chi connectivity index (χ1v) is 6.88. The van der Waals surface area contributed by atoms with E-state index < -0.39 is 0 Å². The van der Waals surface area contributed by atoms with Gasteiger partial charge in [-0.25, -0.2) is 0 Å². The van der Waals surface area contributed by atoms with Crippen LogP contribution in [0, 0.1) is 0 Å². The van der Waals surface area contributed by atoms with E-state index in [2.05, 4.69) is 36.5 Å². The van der Waals surface area contributed by atoms with Crippen LogP contribution < -0.4 is 11.1 Å². The van der Waals surface area contributed by atoms with E-state index in [0.29, 0.717) is 0 Å². The molecule has 3 N–H and O–H groups in total. The fourth-order valence-corrected chi connectivity index (χ4v) is 2.05. The van der Waals surface area contributed by atoms with Gasteiger partial charge in [0, 0.05) is 5.69 Å². The Hall–Kier alpha value is -2.13. The highest BCUT2D eigenvalue weighted by Gasteiger charge is 2.00.